The highest BCUT2D eigenvalue weighted by molar-refractivity contribution is 5.75. The van der Waals surface area contributed by atoms with Gasteiger partial charge in [0.1, 0.15) is 0 Å². The highest BCUT2D eigenvalue weighted by atomic mass is 16.4. The molecule has 0 aliphatic rings. The van der Waals surface area contributed by atoms with Crippen LogP contribution in [0.25, 0.3) is 0 Å². The average Bonchev–Trinajstić information content (AvgIpc) is 1.65. The molecule has 0 N–H and O–H groups in total. The zero-order chi connectivity index (χ0) is 7.49. The predicted octanol–water partition coefficient (Wildman–Crippen LogP) is 1.55. The molecule has 0 aromatic rings. The number of hydrogen-bond acceptors (Lipinski definition) is 1. The van der Waals surface area contributed by atoms with Gasteiger partial charge < -0.3 is 0 Å². The minimum Gasteiger partial charge on any atom is -0.246 e. The first-order chi connectivity index (χ1) is 4.00. The van der Waals surface area contributed by atoms with E-state index in [0.717, 1.165) is 0 Å². The normalized spacial score (nSPS) is 12.3. The molecule has 51 valence electrons. The van der Waals surface area contributed by atoms with Crippen LogP contribution in [0.5, 0.6) is 0 Å². The van der Waals surface area contributed by atoms with Crippen LogP contribution in [-0.2, 0) is 9.90 Å². The Kier molecular flexibility index (Phi) is 2.43. The Morgan fingerprint density at radius 3 is 2.00 bits per heavy atom. The molecule has 2 nitrogen and oxygen atoms in total. The minimum atomic E-state index is -1.04. The third-order valence-electron chi connectivity index (χ3n) is 1.11. The third kappa shape index (κ3) is 2.31. The molecule has 2 heteroatoms. The lowest BCUT2D eigenvalue weighted by atomic mass is 9.94. The number of carbonyl (C=O) groups excluding carboxylic acids is 1. The fourth-order valence-corrected chi connectivity index (χ4v) is 0.485. The summed E-state index contributed by atoms with van der Waals surface area (Å²) in [6, 6.07) is 0. The van der Waals surface area contributed by atoms with Crippen LogP contribution in [-0.4, -0.2) is 5.97 Å². The lowest BCUT2D eigenvalue weighted by Gasteiger charge is -2.09. The molecule has 0 rings (SSSR count). The van der Waals surface area contributed by atoms with Gasteiger partial charge >= 0.3 is 5.97 Å². The maximum atomic E-state index is 10.2. The summed E-state index contributed by atoms with van der Waals surface area (Å²) in [5, 5.41) is 10.2. The fraction of sp³-hybridized carbons (Fsp3) is 0.571. The Hall–Kier alpha value is -0.790. The standard InChI is InChI=1S/C7H11O2/c1-4-5-7(2,3)6(8)9/h4-5H,1-3H3. The van der Waals surface area contributed by atoms with E-state index in [4.69, 9.17) is 0 Å². The van der Waals surface area contributed by atoms with Crippen LogP contribution in [0.15, 0.2) is 12.2 Å². The predicted molar refractivity (Wildman–Crippen MR) is 34.3 cm³/mol. The molecular weight excluding hydrogens is 116 g/mol. The van der Waals surface area contributed by atoms with Gasteiger partial charge in [0.05, 0.1) is 5.41 Å². The maximum Gasteiger partial charge on any atom is 0.364 e. The van der Waals surface area contributed by atoms with Gasteiger partial charge in [-0.05, 0) is 20.8 Å². The van der Waals surface area contributed by atoms with Gasteiger partial charge in [-0.2, -0.15) is 0 Å². The molecule has 0 unspecified atom stereocenters. The number of allylic oxidation sites excluding steroid dienone is 1. The van der Waals surface area contributed by atoms with E-state index in [1.54, 1.807) is 32.9 Å². The molecule has 1 radical (unpaired) electrons. The summed E-state index contributed by atoms with van der Waals surface area (Å²) in [4.78, 5) is 10.2. The maximum absolute atomic E-state index is 10.2. The molecule has 9 heavy (non-hydrogen) atoms. The van der Waals surface area contributed by atoms with E-state index in [1.165, 1.54) is 0 Å². The Labute approximate surface area is 55.2 Å². The summed E-state index contributed by atoms with van der Waals surface area (Å²) in [5.41, 5.74) is -0.825. The van der Waals surface area contributed by atoms with Crippen LogP contribution >= 0.6 is 0 Å². The van der Waals surface area contributed by atoms with E-state index in [-0.39, 0.29) is 0 Å². The van der Waals surface area contributed by atoms with Crippen LogP contribution in [0, 0.1) is 5.41 Å². The van der Waals surface area contributed by atoms with E-state index < -0.39 is 11.4 Å². The molecule has 0 bridgehead atoms. The van der Waals surface area contributed by atoms with Crippen molar-refractivity contribution in [1.82, 2.24) is 0 Å². The second-order valence-electron chi connectivity index (χ2n) is 2.51. The lowest BCUT2D eigenvalue weighted by Crippen LogP contribution is -2.19. The van der Waals surface area contributed by atoms with Crippen molar-refractivity contribution in [3.63, 3.8) is 0 Å². The van der Waals surface area contributed by atoms with E-state index in [9.17, 15) is 9.90 Å². The first-order valence-corrected chi connectivity index (χ1v) is 2.86. The van der Waals surface area contributed by atoms with Crippen LogP contribution in [0.3, 0.4) is 0 Å². The van der Waals surface area contributed by atoms with E-state index in [0.29, 0.717) is 0 Å². The van der Waals surface area contributed by atoms with Gasteiger partial charge in [-0.25, -0.2) is 9.90 Å². The van der Waals surface area contributed by atoms with Crippen molar-refractivity contribution in [3.8, 4) is 0 Å². The SMILES string of the molecule is CC=CC(C)(C)C([O])=O. The van der Waals surface area contributed by atoms with Crippen LogP contribution in [0.4, 0.5) is 0 Å². The number of rotatable bonds is 2. The summed E-state index contributed by atoms with van der Waals surface area (Å²) >= 11 is 0. The molecule has 0 atom stereocenters. The topological polar surface area (TPSA) is 37.0 Å². The molecule has 0 heterocycles. The minimum absolute atomic E-state index is 0.825. The monoisotopic (exact) mass is 127 g/mol. The Morgan fingerprint density at radius 2 is 1.89 bits per heavy atom. The molecule has 0 aliphatic heterocycles. The Bertz CT molecular complexity index is 134. The second-order valence-corrected chi connectivity index (χ2v) is 2.51. The van der Waals surface area contributed by atoms with Gasteiger partial charge in [0.25, 0.3) is 0 Å². The largest absolute Gasteiger partial charge is 0.364 e. The summed E-state index contributed by atoms with van der Waals surface area (Å²) in [7, 11) is 0. The number of carbonyl (C=O) groups is 1. The summed E-state index contributed by atoms with van der Waals surface area (Å²) < 4.78 is 0. The average molecular weight is 127 g/mol. The van der Waals surface area contributed by atoms with E-state index in [2.05, 4.69) is 0 Å². The van der Waals surface area contributed by atoms with Crippen molar-refractivity contribution in [3.05, 3.63) is 12.2 Å². The van der Waals surface area contributed by atoms with Crippen LogP contribution in [0.1, 0.15) is 20.8 Å². The van der Waals surface area contributed by atoms with Gasteiger partial charge in [0.2, 0.25) is 0 Å². The zero-order valence-corrected chi connectivity index (χ0v) is 5.97. The first kappa shape index (κ1) is 8.21. The second kappa shape index (κ2) is 2.67. The molecule has 0 saturated carbocycles. The fourth-order valence-electron chi connectivity index (χ4n) is 0.485. The molecular formula is C7H11O2. The van der Waals surface area contributed by atoms with Crippen molar-refractivity contribution in [2.24, 2.45) is 5.41 Å². The van der Waals surface area contributed by atoms with Crippen LogP contribution < -0.4 is 0 Å². The van der Waals surface area contributed by atoms with Crippen LogP contribution in [0.2, 0.25) is 0 Å². The smallest absolute Gasteiger partial charge is 0.246 e. The van der Waals surface area contributed by atoms with Gasteiger partial charge in [0, 0.05) is 0 Å². The van der Waals surface area contributed by atoms with Gasteiger partial charge in [-0.1, -0.05) is 12.2 Å². The molecule has 0 aliphatic carbocycles. The highest BCUT2D eigenvalue weighted by Gasteiger charge is 2.24. The third-order valence-corrected chi connectivity index (χ3v) is 1.11. The molecule has 0 amide bonds. The van der Waals surface area contributed by atoms with Crippen molar-refractivity contribution in [2.75, 3.05) is 0 Å². The Balaban J connectivity index is 4.19. The number of hydrogen-bond donors (Lipinski definition) is 0. The molecule has 0 saturated heterocycles. The zero-order valence-electron chi connectivity index (χ0n) is 5.97. The van der Waals surface area contributed by atoms with Crippen molar-refractivity contribution in [2.45, 2.75) is 20.8 Å². The van der Waals surface area contributed by atoms with Gasteiger partial charge in [0.15, 0.2) is 0 Å². The quantitative estimate of drug-likeness (QED) is 0.518. The van der Waals surface area contributed by atoms with Gasteiger partial charge in [-0.15, -0.1) is 0 Å². The van der Waals surface area contributed by atoms with E-state index in [1.807, 2.05) is 0 Å². The first-order valence-electron chi connectivity index (χ1n) is 2.86. The molecule has 0 aromatic heterocycles. The summed E-state index contributed by atoms with van der Waals surface area (Å²) in [5.74, 6) is -1.04. The highest BCUT2D eigenvalue weighted by Crippen LogP contribution is 2.16. The molecule has 0 spiro atoms. The van der Waals surface area contributed by atoms with E-state index >= 15 is 0 Å². The summed E-state index contributed by atoms with van der Waals surface area (Å²) in [6.45, 7) is 4.98. The van der Waals surface area contributed by atoms with Crippen molar-refractivity contribution < 1.29 is 9.90 Å². The lowest BCUT2D eigenvalue weighted by molar-refractivity contribution is -0.150. The Morgan fingerprint density at radius 1 is 1.44 bits per heavy atom. The van der Waals surface area contributed by atoms with Gasteiger partial charge in [-0.3, -0.25) is 0 Å². The van der Waals surface area contributed by atoms with Crippen molar-refractivity contribution >= 4 is 5.97 Å². The summed E-state index contributed by atoms with van der Waals surface area (Å²) in [6.07, 6.45) is 3.30. The molecule has 0 aromatic carbocycles. The van der Waals surface area contributed by atoms with Crippen molar-refractivity contribution in [1.29, 1.82) is 0 Å². The molecule has 0 fully saturated rings.